The molecular formula is C17H24N2O4. The molecular weight excluding hydrogens is 296 g/mol. The van der Waals surface area contributed by atoms with Crippen molar-refractivity contribution in [2.45, 2.75) is 45.5 Å². The number of hydrogen-bond donors (Lipinski definition) is 2. The van der Waals surface area contributed by atoms with Crippen LogP contribution in [-0.4, -0.2) is 53.2 Å². The summed E-state index contributed by atoms with van der Waals surface area (Å²) < 4.78 is 5.58. The summed E-state index contributed by atoms with van der Waals surface area (Å²) in [6.07, 6.45) is -1.36. The van der Waals surface area contributed by atoms with Crippen LogP contribution in [0.1, 0.15) is 25.8 Å². The third-order valence-corrected chi connectivity index (χ3v) is 3.77. The van der Waals surface area contributed by atoms with Gasteiger partial charge in [-0.25, -0.2) is 0 Å². The Morgan fingerprint density at radius 2 is 2.04 bits per heavy atom. The van der Waals surface area contributed by atoms with Crippen molar-refractivity contribution in [1.82, 2.24) is 4.90 Å². The third kappa shape index (κ3) is 4.77. The molecule has 6 nitrogen and oxygen atoms in total. The lowest BCUT2D eigenvalue weighted by Crippen LogP contribution is -2.33. The van der Waals surface area contributed by atoms with Crippen molar-refractivity contribution < 1.29 is 19.4 Å². The fourth-order valence-corrected chi connectivity index (χ4v) is 2.60. The first-order chi connectivity index (χ1) is 10.9. The van der Waals surface area contributed by atoms with E-state index in [1.54, 1.807) is 6.07 Å². The molecule has 0 saturated carbocycles. The van der Waals surface area contributed by atoms with E-state index < -0.39 is 12.2 Å². The van der Waals surface area contributed by atoms with E-state index in [1.807, 2.05) is 39.0 Å². The van der Waals surface area contributed by atoms with Crippen LogP contribution < -0.4 is 5.32 Å². The number of hydrogen-bond acceptors (Lipinski definition) is 4. The van der Waals surface area contributed by atoms with Crippen LogP contribution in [0.25, 0.3) is 0 Å². The maximum absolute atomic E-state index is 12.2. The van der Waals surface area contributed by atoms with E-state index in [9.17, 15) is 14.7 Å². The lowest BCUT2D eigenvalue weighted by atomic mass is 10.2. The number of ether oxygens (including phenoxy) is 1. The molecule has 0 bridgehead atoms. The molecule has 1 aliphatic rings. The fraction of sp³-hybridized carbons (Fsp3) is 0.529. The highest BCUT2D eigenvalue weighted by Gasteiger charge is 2.35. The minimum atomic E-state index is -0.708. The number of nitrogens with one attached hydrogen (secondary N) is 1. The molecule has 1 heterocycles. The molecule has 1 aliphatic heterocycles. The largest absolute Gasteiger partial charge is 0.388 e. The standard InChI is InChI=1S/C17H24N2O4/c1-11(2)23-15-10-19(9-14(15)20)17(22)8-16(21)18-13-7-5-4-6-12(13)3/h4-7,11,14-15,20H,8-10H2,1-3H3,(H,18,21)/t14-,15-/m0/s1. The normalized spacial score (nSPS) is 20.8. The van der Waals surface area contributed by atoms with Gasteiger partial charge in [-0.05, 0) is 32.4 Å². The highest BCUT2D eigenvalue weighted by atomic mass is 16.5. The van der Waals surface area contributed by atoms with Gasteiger partial charge in [0.15, 0.2) is 0 Å². The molecule has 1 aromatic carbocycles. The number of amides is 2. The zero-order valence-electron chi connectivity index (χ0n) is 13.8. The summed E-state index contributed by atoms with van der Waals surface area (Å²) in [4.78, 5) is 25.7. The first kappa shape index (κ1) is 17.4. The summed E-state index contributed by atoms with van der Waals surface area (Å²) in [6.45, 7) is 6.17. The van der Waals surface area contributed by atoms with Crippen molar-refractivity contribution in [3.63, 3.8) is 0 Å². The van der Waals surface area contributed by atoms with Gasteiger partial charge in [-0.2, -0.15) is 0 Å². The van der Waals surface area contributed by atoms with E-state index in [4.69, 9.17) is 4.74 Å². The van der Waals surface area contributed by atoms with Gasteiger partial charge in [0.2, 0.25) is 11.8 Å². The molecule has 0 aromatic heterocycles. The average molecular weight is 320 g/mol. The number of aliphatic hydroxyl groups is 1. The zero-order valence-corrected chi connectivity index (χ0v) is 13.8. The van der Waals surface area contributed by atoms with E-state index in [2.05, 4.69) is 5.32 Å². The van der Waals surface area contributed by atoms with Crippen LogP contribution in [0.15, 0.2) is 24.3 Å². The Morgan fingerprint density at radius 3 is 2.70 bits per heavy atom. The summed E-state index contributed by atoms with van der Waals surface area (Å²) >= 11 is 0. The summed E-state index contributed by atoms with van der Waals surface area (Å²) in [5, 5.41) is 12.7. The highest BCUT2D eigenvalue weighted by molar-refractivity contribution is 6.03. The van der Waals surface area contributed by atoms with Crippen LogP contribution in [-0.2, 0) is 14.3 Å². The Hall–Kier alpha value is -1.92. The second-order valence-corrected chi connectivity index (χ2v) is 6.13. The molecule has 1 saturated heterocycles. The molecule has 2 N–H and O–H groups in total. The molecule has 2 rings (SSSR count). The molecule has 126 valence electrons. The molecule has 6 heteroatoms. The summed E-state index contributed by atoms with van der Waals surface area (Å²) in [7, 11) is 0. The summed E-state index contributed by atoms with van der Waals surface area (Å²) in [5.41, 5.74) is 1.64. The number of carbonyl (C=O) groups is 2. The Labute approximate surface area is 136 Å². The molecule has 23 heavy (non-hydrogen) atoms. The zero-order chi connectivity index (χ0) is 17.0. The van der Waals surface area contributed by atoms with Gasteiger partial charge in [0, 0.05) is 18.8 Å². The van der Waals surface area contributed by atoms with E-state index in [-0.39, 0.29) is 30.9 Å². The van der Waals surface area contributed by atoms with Crippen LogP contribution in [0.4, 0.5) is 5.69 Å². The number of aliphatic hydroxyl groups excluding tert-OH is 1. The van der Waals surface area contributed by atoms with Crippen molar-refractivity contribution in [2.75, 3.05) is 18.4 Å². The lowest BCUT2D eigenvalue weighted by Gasteiger charge is -2.18. The summed E-state index contributed by atoms with van der Waals surface area (Å²) in [6, 6.07) is 7.40. The topological polar surface area (TPSA) is 78.9 Å². The number of carbonyl (C=O) groups excluding carboxylic acids is 2. The van der Waals surface area contributed by atoms with Crippen LogP contribution in [0, 0.1) is 6.92 Å². The number of β-amino-alcohol motifs (C(OH)–C–C–N with tert-alkyl or cyclic N) is 1. The second kappa shape index (κ2) is 7.57. The van der Waals surface area contributed by atoms with Gasteiger partial charge in [-0.3, -0.25) is 9.59 Å². The SMILES string of the molecule is Cc1ccccc1NC(=O)CC(=O)N1C[C@H](OC(C)C)[C@@H](O)C1. The smallest absolute Gasteiger partial charge is 0.233 e. The molecule has 0 aliphatic carbocycles. The van der Waals surface area contributed by atoms with Crippen molar-refractivity contribution in [2.24, 2.45) is 0 Å². The molecule has 1 aromatic rings. The minimum absolute atomic E-state index is 0.0194. The average Bonchev–Trinajstić information content (AvgIpc) is 2.82. The number of likely N-dealkylation sites (tertiary alicyclic amines) is 1. The third-order valence-electron chi connectivity index (χ3n) is 3.77. The van der Waals surface area contributed by atoms with Crippen LogP contribution in [0.3, 0.4) is 0 Å². The van der Waals surface area contributed by atoms with E-state index in [0.717, 1.165) is 5.56 Å². The number of rotatable bonds is 5. The number of aryl methyl sites for hydroxylation is 1. The first-order valence-electron chi connectivity index (χ1n) is 7.83. The Kier molecular flexibility index (Phi) is 5.74. The number of anilines is 1. The first-order valence-corrected chi connectivity index (χ1v) is 7.83. The highest BCUT2D eigenvalue weighted by Crippen LogP contribution is 2.17. The van der Waals surface area contributed by atoms with E-state index in [0.29, 0.717) is 12.2 Å². The fourth-order valence-electron chi connectivity index (χ4n) is 2.60. The molecule has 0 spiro atoms. The predicted octanol–water partition coefficient (Wildman–Crippen LogP) is 1.32. The van der Waals surface area contributed by atoms with E-state index >= 15 is 0 Å². The van der Waals surface area contributed by atoms with Crippen molar-refractivity contribution in [3.05, 3.63) is 29.8 Å². The van der Waals surface area contributed by atoms with Gasteiger partial charge in [0.05, 0.1) is 12.2 Å². The lowest BCUT2D eigenvalue weighted by molar-refractivity contribution is -0.134. The van der Waals surface area contributed by atoms with Gasteiger partial charge < -0.3 is 20.1 Å². The van der Waals surface area contributed by atoms with Gasteiger partial charge in [-0.1, -0.05) is 18.2 Å². The van der Waals surface area contributed by atoms with Crippen LogP contribution in [0.2, 0.25) is 0 Å². The number of nitrogens with zero attached hydrogens (tertiary/aromatic N) is 1. The molecule has 0 radical (unpaired) electrons. The molecule has 1 fully saturated rings. The van der Waals surface area contributed by atoms with Crippen molar-refractivity contribution in [3.8, 4) is 0 Å². The number of para-hydroxylation sites is 1. The van der Waals surface area contributed by atoms with Gasteiger partial charge in [0.25, 0.3) is 0 Å². The summed E-state index contributed by atoms with van der Waals surface area (Å²) in [5.74, 6) is -0.656. The maximum Gasteiger partial charge on any atom is 0.233 e. The monoisotopic (exact) mass is 320 g/mol. The van der Waals surface area contributed by atoms with E-state index in [1.165, 1.54) is 4.90 Å². The number of benzene rings is 1. The minimum Gasteiger partial charge on any atom is -0.388 e. The maximum atomic E-state index is 12.2. The predicted molar refractivity (Wildman–Crippen MR) is 87.0 cm³/mol. The van der Waals surface area contributed by atoms with Crippen molar-refractivity contribution in [1.29, 1.82) is 0 Å². The van der Waals surface area contributed by atoms with Crippen molar-refractivity contribution >= 4 is 17.5 Å². The van der Waals surface area contributed by atoms with Crippen LogP contribution >= 0.6 is 0 Å². The Morgan fingerprint density at radius 1 is 1.35 bits per heavy atom. The Bertz CT molecular complexity index is 573. The van der Waals surface area contributed by atoms with Gasteiger partial charge in [0.1, 0.15) is 12.5 Å². The Balaban J connectivity index is 1.87. The van der Waals surface area contributed by atoms with Gasteiger partial charge >= 0.3 is 0 Å². The quantitative estimate of drug-likeness (QED) is 0.802. The van der Waals surface area contributed by atoms with Gasteiger partial charge in [-0.15, -0.1) is 0 Å². The molecule has 2 atom stereocenters. The molecule has 2 amide bonds. The van der Waals surface area contributed by atoms with Crippen LogP contribution in [0.5, 0.6) is 0 Å². The second-order valence-electron chi connectivity index (χ2n) is 6.13. The molecule has 0 unspecified atom stereocenters.